The molecule has 2 aromatic carbocycles. The molecule has 2 rings (SSSR count). The highest BCUT2D eigenvalue weighted by molar-refractivity contribution is 5.70. The SMILES string of the molecule is C=C/C=C\C(=C/C)N(c1ccccc1)c1ccc(C(C)C)cc1. The molecule has 0 radical (unpaired) electrons. The van der Waals surface area contributed by atoms with Gasteiger partial charge < -0.3 is 4.90 Å². The van der Waals surface area contributed by atoms with Gasteiger partial charge in [0.15, 0.2) is 0 Å². The molecule has 1 heteroatoms. The van der Waals surface area contributed by atoms with Crippen LogP contribution in [0.15, 0.2) is 91.2 Å². The molecule has 2 aromatic rings. The second-order valence-corrected chi connectivity index (χ2v) is 5.73. The van der Waals surface area contributed by atoms with Crippen molar-refractivity contribution < 1.29 is 0 Å². The summed E-state index contributed by atoms with van der Waals surface area (Å²) in [6, 6.07) is 19.2. The lowest BCUT2D eigenvalue weighted by molar-refractivity contribution is 0.866. The first-order chi connectivity index (χ1) is 11.2. The fraction of sp³-hybridized carbons (Fsp3) is 0.182. The summed E-state index contributed by atoms with van der Waals surface area (Å²) in [4.78, 5) is 2.25. The fourth-order valence-corrected chi connectivity index (χ4v) is 2.50. The maximum Gasteiger partial charge on any atom is 0.0461 e. The average molecular weight is 303 g/mol. The summed E-state index contributed by atoms with van der Waals surface area (Å²) in [7, 11) is 0. The van der Waals surface area contributed by atoms with Gasteiger partial charge in [-0.05, 0) is 48.7 Å². The van der Waals surface area contributed by atoms with Crippen LogP contribution in [-0.4, -0.2) is 0 Å². The minimum atomic E-state index is 0.538. The van der Waals surface area contributed by atoms with Crippen LogP contribution >= 0.6 is 0 Å². The van der Waals surface area contributed by atoms with Crippen LogP contribution < -0.4 is 4.90 Å². The van der Waals surface area contributed by atoms with E-state index >= 15 is 0 Å². The molecule has 0 unspecified atom stereocenters. The molecule has 0 saturated heterocycles. The van der Waals surface area contributed by atoms with E-state index in [1.165, 1.54) is 5.56 Å². The van der Waals surface area contributed by atoms with Gasteiger partial charge in [0.2, 0.25) is 0 Å². The van der Waals surface area contributed by atoms with E-state index in [1.807, 2.05) is 12.1 Å². The number of para-hydroxylation sites is 1. The number of rotatable bonds is 6. The minimum Gasteiger partial charge on any atom is -0.311 e. The molecular formula is C22H25N. The number of hydrogen-bond donors (Lipinski definition) is 0. The molecule has 0 spiro atoms. The molecule has 0 aliphatic carbocycles. The molecule has 0 amide bonds. The van der Waals surface area contributed by atoms with E-state index < -0.39 is 0 Å². The maximum absolute atomic E-state index is 3.77. The van der Waals surface area contributed by atoms with E-state index in [9.17, 15) is 0 Å². The van der Waals surface area contributed by atoms with E-state index in [4.69, 9.17) is 0 Å². The quantitative estimate of drug-likeness (QED) is 0.544. The Bertz CT molecular complexity index is 676. The number of nitrogens with zero attached hydrogens (tertiary/aromatic N) is 1. The first kappa shape index (κ1) is 16.8. The smallest absolute Gasteiger partial charge is 0.0461 e. The third-order valence-corrected chi connectivity index (χ3v) is 3.79. The summed E-state index contributed by atoms with van der Waals surface area (Å²) in [5, 5.41) is 0. The summed E-state index contributed by atoms with van der Waals surface area (Å²) < 4.78 is 0. The molecule has 0 aliphatic rings. The Labute approximate surface area is 140 Å². The number of hydrogen-bond acceptors (Lipinski definition) is 1. The van der Waals surface area contributed by atoms with Crippen LogP contribution in [0.2, 0.25) is 0 Å². The summed E-state index contributed by atoms with van der Waals surface area (Å²) in [6.07, 6.45) is 7.96. The molecule has 0 atom stereocenters. The van der Waals surface area contributed by atoms with Crippen molar-refractivity contribution in [2.45, 2.75) is 26.7 Å². The maximum atomic E-state index is 3.77. The van der Waals surface area contributed by atoms with E-state index in [0.717, 1.165) is 17.1 Å². The zero-order chi connectivity index (χ0) is 16.7. The van der Waals surface area contributed by atoms with Crippen molar-refractivity contribution in [3.05, 3.63) is 96.7 Å². The molecule has 0 aliphatic heterocycles. The van der Waals surface area contributed by atoms with Gasteiger partial charge in [-0.25, -0.2) is 0 Å². The van der Waals surface area contributed by atoms with Gasteiger partial charge in [-0.3, -0.25) is 0 Å². The summed E-state index contributed by atoms with van der Waals surface area (Å²) in [5.74, 6) is 0.538. The Morgan fingerprint density at radius 2 is 1.57 bits per heavy atom. The Kier molecular flexibility index (Phi) is 5.99. The van der Waals surface area contributed by atoms with Crippen LogP contribution in [0.25, 0.3) is 0 Å². The molecule has 0 heterocycles. The monoisotopic (exact) mass is 303 g/mol. The highest BCUT2D eigenvalue weighted by atomic mass is 15.1. The summed E-state index contributed by atoms with van der Waals surface area (Å²) in [5.41, 5.74) is 4.77. The van der Waals surface area contributed by atoms with Crippen molar-refractivity contribution in [3.63, 3.8) is 0 Å². The Hall–Kier alpha value is -2.54. The molecule has 118 valence electrons. The molecule has 0 saturated carbocycles. The molecule has 23 heavy (non-hydrogen) atoms. The zero-order valence-corrected chi connectivity index (χ0v) is 14.2. The number of allylic oxidation sites excluding steroid dienone is 4. The van der Waals surface area contributed by atoms with Crippen LogP contribution in [0.3, 0.4) is 0 Å². The van der Waals surface area contributed by atoms with Gasteiger partial charge in [-0.15, -0.1) is 0 Å². The Morgan fingerprint density at radius 1 is 0.957 bits per heavy atom. The standard InChI is InChI=1S/C22H25N/c1-5-7-11-20(6-2)23(21-12-9-8-10-13-21)22-16-14-19(15-17-22)18(3)4/h5-18H,1H2,2-4H3/b11-7-,20-6+. The van der Waals surface area contributed by atoms with Crippen LogP contribution in [-0.2, 0) is 0 Å². The molecule has 0 N–H and O–H groups in total. The van der Waals surface area contributed by atoms with E-state index in [-0.39, 0.29) is 0 Å². The van der Waals surface area contributed by atoms with Crippen LogP contribution in [0.4, 0.5) is 11.4 Å². The van der Waals surface area contributed by atoms with Crippen LogP contribution in [0.1, 0.15) is 32.3 Å². The summed E-state index contributed by atoms with van der Waals surface area (Å²) >= 11 is 0. The lowest BCUT2D eigenvalue weighted by Gasteiger charge is -2.26. The minimum absolute atomic E-state index is 0.538. The molecule has 1 nitrogen and oxygen atoms in total. The predicted molar refractivity (Wildman–Crippen MR) is 102 cm³/mol. The van der Waals surface area contributed by atoms with Crippen LogP contribution in [0, 0.1) is 0 Å². The van der Waals surface area contributed by atoms with Gasteiger partial charge in [0.05, 0.1) is 0 Å². The Morgan fingerprint density at radius 3 is 2.09 bits per heavy atom. The summed E-state index contributed by atoms with van der Waals surface area (Å²) in [6.45, 7) is 10.3. The normalized spacial score (nSPS) is 11.9. The van der Waals surface area contributed by atoms with Crippen molar-refractivity contribution in [2.75, 3.05) is 4.90 Å². The third-order valence-electron chi connectivity index (χ3n) is 3.79. The predicted octanol–water partition coefficient (Wildman–Crippen LogP) is 6.59. The first-order valence-electron chi connectivity index (χ1n) is 8.08. The van der Waals surface area contributed by atoms with Crippen LogP contribution in [0.5, 0.6) is 0 Å². The van der Waals surface area contributed by atoms with Gasteiger partial charge in [0.25, 0.3) is 0 Å². The molecule has 0 fully saturated rings. The zero-order valence-electron chi connectivity index (χ0n) is 14.2. The van der Waals surface area contributed by atoms with Gasteiger partial charge in [-0.1, -0.05) is 69.0 Å². The van der Waals surface area contributed by atoms with E-state index in [2.05, 4.69) is 92.9 Å². The van der Waals surface area contributed by atoms with Gasteiger partial charge >= 0.3 is 0 Å². The Balaban J connectivity index is 2.49. The van der Waals surface area contributed by atoms with Crippen molar-refractivity contribution in [2.24, 2.45) is 0 Å². The number of benzene rings is 2. The molecule has 0 aromatic heterocycles. The second kappa shape index (κ2) is 8.19. The highest BCUT2D eigenvalue weighted by Gasteiger charge is 2.12. The van der Waals surface area contributed by atoms with Crippen molar-refractivity contribution in [1.82, 2.24) is 0 Å². The fourth-order valence-electron chi connectivity index (χ4n) is 2.50. The van der Waals surface area contributed by atoms with Crippen molar-refractivity contribution >= 4 is 11.4 Å². The largest absolute Gasteiger partial charge is 0.311 e. The first-order valence-corrected chi connectivity index (χ1v) is 8.08. The third kappa shape index (κ3) is 4.23. The number of anilines is 2. The van der Waals surface area contributed by atoms with Crippen molar-refractivity contribution in [1.29, 1.82) is 0 Å². The van der Waals surface area contributed by atoms with E-state index in [1.54, 1.807) is 6.08 Å². The molecular weight excluding hydrogens is 278 g/mol. The topological polar surface area (TPSA) is 3.24 Å². The molecule has 0 bridgehead atoms. The second-order valence-electron chi connectivity index (χ2n) is 5.73. The average Bonchev–Trinajstić information content (AvgIpc) is 2.59. The highest BCUT2D eigenvalue weighted by Crippen LogP contribution is 2.31. The lowest BCUT2D eigenvalue weighted by atomic mass is 10.0. The van der Waals surface area contributed by atoms with Gasteiger partial charge in [0, 0.05) is 17.1 Å². The van der Waals surface area contributed by atoms with Gasteiger partial charge in [-0.2, -0.15) is 0 Å². The van der Waals surface area contributed by atoms with Crippen molar-refractivity contribution in [3.8, 4) is 0 Å². The lowest BCUT2D eigenvalue weighted by Crippen LogP contribution is -2.15. The van der Waals surface area contributed by atoms with E-state index in [0.29, 0.717) is 5.92 Å². The van der Waals surface area contributed by atoms with Gasteiger partial charge in [0.1, 0.15) is 0 Å².